The standard InChI is InChI=1S/C22H22N6O/c1-17-4-6-18(7-5-17)13-22(14-23)8-11-27(12-9-22)21(29)19-3-2-10-25-20(19)28-16-24-15-26-28/h2-7,10,15-16H,8-9,11-13H2,1H3. The number of amides is 1. The minimum absolute atomic E-state index is 0.0922. The second kappa shape index (κ2) is 7.84. The maximum Gasteiger partial charge on any atom is 0.257 e. The van der Waals surface area contributed by atoms with E-state index in [0.717, 1.165) is 5.56 Å². The highest BCUT2D eigenvalue weighted by Gasteiger charge is 2.37. The van der Waals surface area contributed by atoms with Crippen LogP contribution in [0.5, 0.6) is 0 Å². The third-order valence-corrected chi connectivity index (χ3v) is 5.56. The molecule has 146 valence electrons. The predicted octanol–water partition coefficient (Wildman–Crippen LogP) is 2.96. The molecule has 4 rings (SSSR count). The zero-order chi connectivity index (χ0) is 20.3. The highest BCUT2D eigenvalue weighted by atomic mass is 16.2. The number of nitrogens with zero attached hydrogens (tertiary/aromatic N) is 6. The smallest absolute Gasteiger partial charge is 0.257 e. The van der Waals surface area contributed by atoms with Gasteiger partial charge in [-0.05, 0) is 43.9 Å². The number of carbonyl (C=O) groups excluding carboxylic acids is 1. The molecule has 0 N–H and O–H groups in total. The van der Waals surface area contributed by atoms with E-state index < -0.39 is 5.41 Å². The van der Waals surface area contributed by atoms with E-state index in [1.807, 2.05) is 4.90 Å². The van der Waals surface area contributed by atoms with Crippen molar-refractivity contribution in [3.63, 3.8) is 0 Å². The van der Waals surface area contributed by atoms with Gasteiger partial charge >= 0.3 is 0 Å². The molecule has 0 aliphatic carbocycles. The summed E-state index contributed by atoms with van der Waals surface area (Å²) < 4.78 is 1.49. The topological polar surface area (TPSA) is 87.7 Å². The van der Waals surface area contributed by atoms with Gasteiger partial charge in [0.25, 0.3) is 5.91 Å². The number of likely N-dealkylation sites (tertiary alicyclic amines) is 1. The summed E-state index contributed by atoms with van der Waals surface area (Å²) in [6, 6.07) is 14.4. The zero-order valence-corrected chi connectivity index (χ0v) is 16.3. The van der Waals surface area contributed by atoms with E-state index in [1.165, 1.54) is 22.9 Å². The van der Waals surface area contributed by atoms with Gasteiger partial charge in [0.2, 0.25) is 0 Å². The van der Waals surface area contributed by atoms with Gasteiger partial charge in [0.05, 0.1) is 17.0 Å². The van der Waals surface area contributed by atoms with E-state index in [1.54, 1.807) is 18.3 Å². The molecule has 0 bridgehead atoms. The minimum Gasteiger partial charge on any atom is -0.338 e. The number of carbonyl (C=O) groups is 1. The normalized spacial score (nSPS) is 15.7. The molecule has 1 amide bonds. The number of hydrogen-bond donors (Lipinski definition) is 0. The summed E-state index contributed by atoms with van der Waals surface area (Å²) >= 11 is 0. The van der Waals surface area contributed by atoms with Crippen LogP contribution >= 0.6 is 0 Å². The number of hydrogen-bond acceptors (Lipinski definition) is 5. The SMILES string of the molecule is Cc1ccc(CC2(C#N)CCN(C(=O)c3cccnc3-n3cncn3)CC2)cc1. The highest BCUT2D eigenvalue weighted by Crippen LogP contribution is 2.35. The van der Waals surface area contributed by atoms with Gasteiger partial charge in [0.1, 0.15) is 12.7 Å². The zero-order valence-electron chi connectivity index (χ0n) is 16.3. The van der Waals surface area contributed by atoms with Gasteiger partial charge in [-0.1, -0.05) is 29.8 Å². The van der Waals surface area contributed by atoms with E-state index in [2.05, 4.69) is 52.3 Å². The Morgan fingerprint density at radius 1 is 1.21 bits per heavy atom. The Morgan fingerprint density at radius 2 is 1.97 bits per heavy atom. The van der Waals surface area contributed by atoms with E-state index in [9.17, 15) is 10.1 Å². The summed E-state index contributed by atoms with van der Waals surface area (Å²) in [4.78, 5) is 23.2. The first kappa shape index (κ1) is 18.8. The number of aromatic nitrogens is 4. The first-order chi connectivity index (χ1) is 14.1. The lowest BCUT2D eigenvalue weighted by molar-refractivity contribution is 0.0646. The van der Waals surface area contributed by atoms with E-state index in [-0.39, 0.29) is 5.91 Å². The summed E-state index contributed by atoms with van der Waals surface area (Å²) in [6.07, 6.45) is 6.59. The van der Waals surface area contributed by atoms with Crippen LogP contribution in [0.1, 0.15) is 34.3 Å². The number of benzene rings is 1. The van der Waals surface area contributed by atoms with Crippen LogP contribution in [0.15, 0.2) is 55.2 Å². The lowest BCUT2D eigenvalue weighted by Gasteiger charge is -2.37. The summed E-state index contributed by atoms with van der Waals surface area (Å²) in [7, 11) is 0. The Balaban J connectivity index is 1.49. The fraction of sp³-hybridized carbons (Fsp3) is 0.318. The van der Waals surface area contributed by atoms with E-state index in [0.29, 0.717) is 43.7 Å². The Kier molecular flexibility index (Phi) is 5.09. The van der Waals surface area contributed by atoms with Crippen LogP contribution in [0.3, 0.4) is 0 Å². The van der Waals surface area contributed by atoms with Gasteiger partial charge in [-0.2, -0.15) is 10.4 Å². The number of nitriles is 1. The molecule has 29 heavy (non-hydrogen) atoms. The Morgan fingerprint density at radius 3 is 2.62 bits per heavy atom. The van der Waals surface area contributed by atoms with Gasteiger partial charge in [-0.25, -0.2) is 14.6 Å². The maximum absolute atomic E-state index is 13.2. The van der Waals surface area contributed by atoms with Crippen molar-refractivity contribution < 1.29 is 4.79 Å². The average molecular weight is 386 g/mol. The lowest BCUT2D eigenvalue weighted by Crippen LogP contribution is -2.43. The summed E-state index contributed by atoms with van der Waals surface area (Å²) in [5.41, 5.74) is 2.42. The molecule has 0 saturated carbocycles. The van der Waals surface area contributed by atoms with Crippen LogP contribution in [0.2, 0.25) is 0 Å². The molecule has 7 heteroatoms. The molecule has 0 unspecified atom stereocenters. The molecule has 1 aliphatic heterocycles. The molecule has 1 aromatic carbocycles. The summed E-state index contributed by atoms with van der Waals surface area (Å²) in [5.74, 6) is 0.372. The molecule has 1 aliphatic rings. The quantitative estimate of drug-likeness (QED) is 0.688. The Hall–Kier alpha value is -3.53. The lowest BCUT2D eigenvalue weighted by atomic mass is 9.75. The number of piperidine rings is 1. The Labute approximate surface area is 169 Å². The maximum atomic E-state index is 13.2. The third-order valence-electron chi connectivity index (χ3n) is 5.56. The van der Waals surface area contributed by atoms with Crippen LogP contribution in [0.25, 0.3) is 5.82 Å². The largest absolute Gasteiger partial charge is 0.338 e. The molecule has 1 saturated heterocycles. The van der Waals surface area contributed by atoms with Crippen LogP contribution < -0.4 is 0 Å². The second-order valence-electron chi connectivity index (χ2n) is 7.56. The number of rotatable bonds is 4. The molecule has 3 heterocycles. The van der Waals surface area contributed by atoms with Crippen molar-refractivity contribution in [2.24, 2.45) is 5.41 Å². The first-order valence-electron chi connectivity index (χ1n) is 9.66. The van der Waals surface area contributed by atoms with Crippen molar-refractivity contribution in [1.82, 2.24) is 24.6 Å². The second-order valence-corrected chi connectivity index (χ2v) is 7.56. The molecular formula is C22H22N6O. The first-order valence-corrected chi connectivity index (χ1v) is 9.66. The van der Waals surface area contributed by atoms with E-state index in [4.69, 9.17) is 0 Å². The van der Waals surface area contributed by atoms with Gasteiger partial charge in [-0.3, -0.25) is 4.79 Å². The molecule has 1 fully saturated rings. The predicted molar refractivity (Wildman–Crippen MR) is 107 cm³/mol. The molecule has 3 aromatic rings. The van der Waals surface area contributed by atoms with Crippen LogP contribution in [-0.4, -0.2) is 43.6 Å². The van der Waals surface area contributed by atoms with Crippen LogP contribution in [0, 0.1) is 23.7 Å². The van der Waals surface area contributed by atoms with Crippen LogP contribution in [0.4, 0.5) is 0 Å². The van der Waals surface area contributed by atoms with Crippen molar-refractivity contribution in [3.05, 3.63) is 71.9 Å². The number of pyridine rings is 1. The van der Waals surface area contributed by atoms with Gasteiger partial charge < -0.3 is 4.90 Å². The van der Waals surface area contributed by atoms with Gasteiger partial charge in [0, 0.05) is 19.3 Å². The average Bonchev–Trinajstić information content (AvgIpc) is 3.30. The molecule has 7 nitrogen and oxygen atoms in total. The number of aryl methyl sites for hydroxylation is 1. The molecule has 0 spiro atoms. The molecule has 0 atom stereocenters. The molecule has 2 aromatic heterocycles. The van der Waals surface area contributed by atoms with Crippen molar-refractivity contribution >= 4 is 5.91 Å². The van der Waals surface area contributed by atoms with Crippen molar-refractivity contribution in [2.45, 2.75) is 26.2 Å². The summed E-state index contributed by atoms with van der Waals surface area (Å²) in [6.45, 7) is 3.15. The van der Waals surface area contributed by atoms with Crippen molar-refractivity contribution in [3.8, 4) is 11.9 Å². The third kappa shape index (κ3) is 3.87. The highest BCUT2D eigenvalue weighted by molar-refractivity contribution is 5.97. The fourth-order valence-electron chi connectivity index (χ4n) is 3.80. The summed E-state index contributed by atoms with van der Waals surface area (Å²) in [5, 5.41) is 14.0. The molecule has 0 radical (unpaired) electrons. The van der Waals surface area contributed by atoms with Gasteiger partial charge in [0.15, 0.2) is 5.82 Å². The van der Waals surface area contributed by atoms with Gasteiger partial charge in [-0.15, -0.1) is 0 Å². The van der Waals surface area contributed by atoms with Crippen LogP contribution in [-0.2, 0) is 6.42 Å². The van der Waals surface area contributed by atoms with E-state index >= 15 is 0 Å². The Bertz CT molecular complexity index is 1030. The van der Waals surface area contributed by atoms with Crippen molar-refractivity contribution in [2.75, 3.05) is 13.1 Å². The monoisotopic (exact) mass is 386 g/mol. The minimum atomic E-state index is -0.435. The van der Waals surface area contributed by atoms with Crippen molar-refractivity contribution in [1.29, 1.82) is 5.26 Å². The molecular weight excluding hydrogens is 364 g/mol. The fourth-order valence-corrected chi connectivity index (χ4v) is 3.80.